The van der Waals surface area contributed by atoms with Gasteiger partial charge in [0.05, 0.1) is 30.3 Å². The van der Waals surface area contributed by atoms with Crippen LogP contribution in [0.25, 0.3) is 6.08 Å². The lowest BCUT2D eigenvalue weighted by molar-refractivity contribution is 0.0693. The molecule has 0 radical (unpaired) electrons. The van der Waals surface area contributed by atoms with E-state index in [2.05, 4.69) is 15.0 Å². The minimum Gasteiger partial charge on any atom is -0.495 e. The maximum Gasteiger partial charge on any atom is 0.339 e. The number of rotatable bonds is 5. The molecule has 0 aliphatic heterocycles. The molecule has 0 bridgehead atoms. The summed E-state index contributed by atoms with van der Waals surface area (Å²) in [5, 5.41) is 9.28. The molecule has 3 N–H and O–H groups in total. The molecule has 7 heteroatoms. The van der Waals surface area contributed by atoms with Gasteiger partial charge in [0.2, 0.25) is 0 Å². The third-order valence-electron chi connectivity index (χ3n) is 3.12. The third kappa shape index (κ3) is 3.52. The largest absolute Gasteiger partial charge is 0.495 e. The van der Waals surface area contributed by atoms with E-state index in [9.17, 15) is 9.90 Å². The fourth-order valence-corrected chi connectivity index (χ4v) is 2.07. The number of aromatic nitrogens is 2. The van der Waals surface area contributed by atoms with Gasteiger partial charge in [-0.2, -0.15) is 0 Å². The van der Waals surface area contributed by atoms with E-state index in [0.29, 0.717) is 22.7 Å². The fraction of sp³-hybridized carbons (Fsp3) is 0.125. The fourth-order valence-electron chi connectivity index (χ4n) is 2.07. The number of nitrogen functional groups attached to an aromatic ring is 1. The lowest BCUT2D eigenvalue weighted by Crippen LogP contribution is -2.10. The number of nitrogens with two attached hydrogens (primary N) is 1. The minimum absolute atomic E-state index is 0.0192. The molecule has 23 heavy (non-hydrogen) atoms. The van der Waals surface area contributed by atoms with Crippen LogP contribution >= 0.6 is 0 Å². The van der Waals surface area contributed by atoms with Crippen molar-refractivity contribution < 1.29 is 14.6 Å². The van der Waals surface area contributed by atoms with Crippen molar-refractivity contribution in [3.8, 4) is 5.75 Å². The number of carbonyl (C=O) groups is 1. The number of nitrogens with zero attached hydrogens (tertiary/aromatic N) is 3. The summed E-state index contributed by atoms with van der Waals surface area (Å²) in [4.78, 5) is 23.6. The molecule has 0 saturated heterocycles. The van der Waals surface area contributed by atoms with Crippen molar-refractivity contribution in [2.45, 2.75) is 0 Å². The monoisotopic (exact) mass is 312 g/mol. The number of methoxy groups -OCH3 is 1. The Balaban J connectivity index is 2.52. The molecule has 0 unspecified atom stereocenters. The van der Waals surface area contributed by atoms with Crippen molar-refractivity contribution in [2.75, 3.05) is 19.9 Å². The van der Waals surface area contributed by atoms with Gasteiger partial charge >= 0.3 is 5.97 Å². The summed E-state index contributed by atoms with van der Waals surface area (Å²) in [5.74, 6) is -0.932. The molecule has 118 valence electrons. The number of aromatic carboxylic acids is 1. The maximum absolute atomic E-state index is 11.3. The first kappa shape index (κ1) is 16.2. The number of anilines is 1. The number of hydrogen-bond acceptors (Lipinski definition) is 6. The normalized spacial score (nSPS) is 11.7. The highest BCUT2D eigenvalue weighted by Gasteiger charge is 2.19. The van der Waals surface area contributed by atoms with Crippen LogP contribution in [0.1, 0.15) is 21.6 Å². The molecule has 2 aromatic rings. The predicted octanol–water partition coefficient (Wildman–Crippen LogP) is 1.90. The van der Waals surface area contributed by atoms with Gasteiger partial charge in [-0.3, -0.25) is 15.0 Å². The van der Waals surface area contributed by atoms with Crippen LogP contribution in [0.3, 0.4) is 0 Å². The number of carboxylic acids is 1. The van der Waals surface area contributed by atoms with Crippen molar-refractivity contribution in [3.63, 3.8) is 0 Å². The number of carboxylic acid groups (broad SMARTS) is 1. The lowest BCUT2D eigenvalue weighted by Gasteiger charge is -2.14. The summed E-state index contributed by atoms with van der Waals surface area (Å²) in [7, 11) is 2.98. The molecule has 1 heterocycles. The minimum atomic E-state index is -1.10. The van der Waals surface area contributed by atoms with Gasteiger partial charge in [-0.15, -0.1) is 0 Å². The van der Waals surface area contributed by atoms with Crippen molar-refractivity contribution in [1.82, 2.24) is 9.97 Å². The Labute approximate surface area is 133 Å². The summed E-state index contributed by atoms with van der Waals surface area (Å²) in [6.07, 6.45) is 8.13. The van der Waals surface area contributed by atoms with Crippen LogP contribution in [0.4, 0.5) is 5.69 Å². The second kappa shape index (κ2) is 7.17. The summed E-state index contributed by atoms with van der Waals surface area (Å²) >= 11 is 0. The predicted molar refractivity (Wildman–Crippen MR) is 87.9 cm³/mol. The zero-order valence-corrected chi connectivity index (χ0v) is 12.7. The van der Waals surface area contributed by atoms with Crippen LogP contribution in [0, 0.1) is 0 Å². The van der Waals surface area contributed by atoms with Crippen LogP contribution in [-0.4, -0.2) is 40.9 Å². The van der Waals surface area contributed by atoms with E-state index in [-0.39, 0.29) is 11.3 Å². The SMILES string of the molecule is CN=C(/C=C/c1cnccn1)c1c(N)ccc(C(=O)O)c1OC. The van der Waals surface area contributed by atoms with E-state index in [0.717, 1.165) is 0 Å². The third-order valence-corrected chi connectivity index (χ3v) is 3.12. The van der Waals surface area contributed by atoms with E-state index in [1.807, 2.05) is 0 Å². The first-order valence-corrected chi connectivity index (χ1v) is 6.69. The molecule has 7 nitrogen and oxygen atoms in total. The van der Waals surface area contributed by atoms with Crippen LogP contribution in [0.2, 0.25) is 0 Å². The highest BCUT2D eigenvalue weighted by molar-refractivity contribution is 6.16. The highest BCUT2D eigenvalue weighted by Crippen LogP contribution is 2.30. The van der Waals surface area contributed by atoms with E-state index >= 15 is 0 Å². The molecule has 0 aliphatic rings. The van der Waals surface area contributed by atoms with Crippen LogP contribution in [-0.2, 0) is 0 Å². The molecule has 0 aliphatic carbocycles. The van der Waals surface area contributed by atoms with Gasteiger partial charge in [0, 0.05) is 25.1 Å². The Morgan fingerprint density at radius 1 is 1.39 bits per heavy atom. The number of allylic oxidation sites excluding steroid dienone is 1. The van der Waals surface area contributed by atoms with E-state index in [1.165, 1.54) is 19.2 Å². The lowest BCUT2D eigenvalue weighted by atomic mass is 10.0. The molecule has 0 saturated carbocycles. The zero-order valence-electron chi connectivity index (χ0n) is 12.7. The number of benzene rings is 1. The molecule has 0 spiro atoms. The second-order valence-corrected chi connectivity index (χ2v) is 4.49. The van der Waals surface area contributed by atoms with Crippen molar-refractivity contribution in [1.29, 1.82) is 0 Å². The quantitative estimate of drug-likeness (QED) is 0.644. The second-order valence-electron chi connectivity index (χ2n) is 4.49. The van der Waals surface area contributed by atoms with Gasteiger partial charge in [0.25, 0.3) is 0 Å². The molecule has 0 fully saturated rings. The van der Waals surface area contributed by atoms with Crippen molar-refractivity contribution in [3.05, 3.63) is 53.6 Å². The van der Waals surface area contributed by atoms with E-state index in [4.69, 9.17) is 10.5 Å². The van der Waals surface area contributed by atoms with Gasteiger partial charge in [0.1, 0.15) is 11.3 Å². The van der Waals surface area contributed by atoms with E-state index in [1.54, 1.807) is 37.8 Å². The van der Waals surface area contributed by atoms with E-state index < -0.39 is 5.97 Å². The topological polar surface area (TPSA) is 111 Å². The molecule has 2 rings (SSSR count). The zero-order chi connectivity index (χ0) is 16.8. The summed E-state index contributed by atoms with van der Waals surface area (Å²) in [6.45, 7) is 0. The molecule has 0 amide bonds. The summed E-state index contributed by atoms with van der Waals surface area (Å²) < 4.78 is 5.25. The average Bonchev–Trinajstić information content (AvgIpc) is 2.56. The number of aliphatic imine (C=N–C) groups is 1. The van der Waals surface area contributed by atoms with Gasteiger partial charge < -0.3 is 15.6 Å². The van der Waals surface area contributed by atoms with Crippen LogP contribution in [0.15, 0.2) is 41.8 Å². The Morgan fingerprint density at radius 2 is 2.17 bits per heavy atom. The molecule has 1 aromatic carbocycles. The average molecular weight is 312 g/mol. The maximum atomic E-state index is 11.3. The van der Waals surface area contributed by atoms with Crippen molar-refractivity contribution in [2.24, 2.45) is 4.99 Å². The Bertz CT molecular complexity index is 770. The van der Waals surface area contributed by atoms with Gasteiger partial charge in [-0.1, -0.05) is 0 Å². The first-order chi connectivity index (χ1) is 11.1. The Kier molecular flexibility index (Phi) is 5.03. The number of hydrogen-bond donors (Lipinski definition) is 2. The van der Waals surface area contributed by atoms with Gasteiger partial charge in [-0.25, -0.2) is 4.79 Å². The van der Waals surface area contributed by atoms with Crippen LogP contribution in [0.5, 0.6) is 5.75 Å². The molecular weight excluding hydrogens is 296 g/mol. The van der Waals surface area contributed by atoms with Gasteiger partial charge in [0.15, 0.2) is 0 Å². The smallest absolute Gasteiger partial charge is 0.339 e. The molecular formula is C16H16N4O3. The Hall–Kier alpha value is -3.22. The van der Waals surface area contributed by atoms with Crippen molar-refractivity contribution >= 4 is 23.4 Å². The standard InChI is InChI=1S/C16H16N4O3/c1-18-13(6-3-10-9-19-7-8-20-10)14-12(17)5-4-11(16(21)22)15(14)23-2/h3-9H,17H2,1-2H3,(H,21,22)/b6-3+,18-13?. The Morgan fingerprint density at radius 3 is 2.74 bits per heavy atom. The molecule has 0 atom stereocenters. The van der Waals surface area contributed by atoms with Crippen LogP contribution < -0.4 is 10.5 Å². The van der Waals surface area contributed by atoms with Gasteiger partial charge in [-0.05, 0) is 24.3 Å². The summed E-state index contributed by atoms with van der Waals surface area (Å²) in [5.41, 5.74) is 7.93. The summed E-state index contributed by atoms with van der Waals surface area (Å²) in [6, 6.07) is 2.92. The number of ether oxygens (including phenoxy) is 1. The highest BCUT2D eigenvalue weighted by atomic mass is 16.5. The molecule has 1 aromatic heterocycles. The first-order valence-electron chi connectivity index (χ1n) is 6.69.